The number of benzene rings is 2. The summed E-state index contributed by atoms with van der Waals surface area (Å²) in [4.78, 5) is 29.6. The van der Waals surface area contributed by atoms with Crippen LogP contribution in [0.15, 0.2) is 52.4 Å². The van der Waals surface area contributed by atoms with Gasteiger partial charge in [-0.05, 0) is 42.8 Å². The van der Waals surface area contributed by atoms with E-state index in [2.05, 4.69) is 10.3 Å². The first kappa shape index (κ1) is 22.4. The van der Waals surface area contributed by atoms with Gasteiger partial charge in [0.15, 0.2) is 0 Å². The number of hydrogen-bond donors (Lipinski definition) is 1. The third-order valence-corrected chi connectivity index (χ3v) is 7.44. The van der Waals surface area contributed by atoms with E-state index in [-0.39, 0.29) is 24.5 Å². The molecule has 3 aromatic rings. The molecule has 0 aliphatic carbocycles. The van der Waals surface area contributed by atoms with Crippen molar-refractivity contribution in [3.8, 4) is 0 Å². The number of halogens is 1. The summed E-state index contributed by atoms with van der Waals surface area (Å²) in [6.45, 7) is 2.65. The Labute approximate surface area is 189 Å². The molecule has 1 amide bonds. The summed E-state index contributed by atoms with van der Waals surface area (Å²) >= 11 is 5.96. The van der Waals surface area contributed by atoms with Crippen LogP contribution in [0.4, 0.5) is 5.69 Å². The van der Waals surface area contributed by atoms with Crippen LogP contribution in [0.3, 0.4) is 0 Å². The Kier molecular flexibility index (Phi) is 6.29. The molecule has 32 heavy (non-hydrogen) atoms. The molecule has 9 nitrogen and oxygen atoms in total. The first-order valence-corrected chi connectivity index (χ1v) is 11.7. The summed E-state index contributed by atoms with van der Waals surface area (Å²) in [5.74, 6) is -0.492. The number of ether oxygens (including phenoxy) is 1. The van der Waals surface area contributed by atoms with Gasteiger partial charge in [-0.25, -0.2) is 13.4 Å². The van der Waals surface area contributed by atoms with Crippen molar-refractivity contribution >= 4 is 44.1 Å². The molecule has 0 radical (unpaired) electrons. The van der Waals surface area contributed by atoms with E-state index in [0.29, 0.717) is 40.4 Å². The molecule has 0 saturated carbocycles. The molecule has 0 spiro atoms. The zero-order chi connectivity index (χ0) is 22.9. The van der Waals surface area contributed by atoms with Crippen LogP contribution >= 0.6 is 11.6 Å². The van der Waals surface area contributed by atoms with Gasteiger partial charge in [0.05, 0.1) is 35.3 Å². The minimum absolute atomic E-state index is 0.122. The minimum atomic E-state index is -3.72. The molecular formula is C21H21ClN4O5S. The third-order valence-electron chi connectivity index (χ3n) is 5.16. The number of anilines is 1. The zero-order valence-electron chi connectivity index (χ0n) is 17.2. The molecule has 1 aliphatic heterocycles. The third kappa shape index (κ3) is 4.53. The SMILES string of the molecule is Cc1ccc(NC(=O)Cn2cnc3ccc(Cl)cc3c2=O)cc1S(=O)(=O)N1CCOCC1. The summed E-state index contributed by atoms with van der Waals surface area (Å²) in [6.07, 6.45) is 1.29. The van der Waals surface area contributed by atoms with Crippen LogP contribution in [0.2, 0.25) is 5.02 Å². The fourth-order valence-corrected chi connectivity index (χ4v) is 5.31. The van der Waals surface area contributed by atoms with Gasteiger partial charge in [-0.1, -0.05) is 17.7 Å². The van der Waals surface area contributed by atoms with E-state index < -0.39 is 21.5 Å². The Morgan fingerprint density at radius 3 is 2.69 bits per heavy atom. The Morgan fingerprint density at radius 1 is 1.19 bits per heavy atom. The van der Waals surface area contributed by atoms with E-state index in [1.54, 1.807) is 31.2 Å². The van der Waals surface area contributed by atoms with Gasteiger partial charge < -0.3 is 10.1 Å². The zero-order valence-corrected chi connectivity index (χ0v) is 18.8. The topological polar surface area (TPSA) is 111 Å². The van der Waals surface area contributed by atoms with Gasteiger partial charge >= 0.3 is 0 Å². The molecule has 168 valence electrons. The number of aromatic nitrogens is 2. The Balaban J connectivity index is 1.55. The van der Waals surface area contributed by atoms with Crippen LogP contribution in [-0.4, -0.2) is 54.5 Å². The van der Waals surface area contributed by atoms with E-state index in [1.165, 1.54) is 27.3 Å². The highest BCUT2D eigenvalue weighted by molar-refractivity contribution is 7.89. The fraction of sp³-hybridized carbons (Fsp3) is 0.286. The number of carbonyl (C=O) groups excluding carboxylic acids is 1. The molecule has 2 heterocycles. The number of rotatable bonds is 5. The van der Waals surface area contributed by atoms with Crippen LogP contribution in [-0.2, 0) is 26.1 Å². The van der Waals surface area contributed by atoms with Crippen molar-refractivity contribution in [2.75, 3.05) is 31.6 Å². The number of nitrogens with one attached hydrogen (secondary N) is 1. The minimum Gasteiger partial charge on any atom is -0.379 e. The number of sulfonamides is 1. The lowest BCUT2D eigenvalue weighted by atomic mass is 10.2. The standard InChI is InChI=1S/C21H21ClN4O5S/c1-14-2-4-16(11-19(14)32(29,30)26-6-8-31-9-7-26)24-20(27)12-25-13-23-18-5-3-15(22)10-17(18)21(25)28/h2-5,10-11,13H,6-9,12H2,1H3,(H,24,27). The largest absolute Gasteiger partial charge is 0.379 e. The van der Waals surface area contributed by atoms with Gasteiger partial charge in [0, 0.05) is 23.8 Å². The quantitative estimate of drug-likeness (QED) is 0.603. The molecule has 0 unspecified atom stereocenters. The molecule has 2 aromatic carbocycles. The van der Waals surface area contributed by atoms with Crippen molar-refractivity contribution in [3.63, 3.8) is 0 Å². The number of aryl methyl sites for hydroxylation is 1. The van der Waals surface area contributed by atoms with Crippen molar-refractivity contribution in [3.05, 3.63) is 63.7 Å². The van der Waals surface area contributed by atoms with Gasteiger partial charge in [-0.15, -0.1) is 0 Å². The monoisotopic (exact) mass is 476 g/mol. The van der Waals surface area contributed by atoms with Crippen molar-refractivity contribution in [2.45, 2.75) is 18.4 Å². The molecule has 1 fully saturated rings. The maximum Gasteiger partial charge on any atom is 0.261 e. The number of hydrogen-bond acceptors (Lipinski definition) is 6. The maximum atomic E-state index is 13.0. The van der Waals surface area contributed by atoms with Crippen LogP contribution in [0.5, 0.6) is 0 Å². The number of carbonyl (C=O) groups is 1. The average molecular weight is 477 g/mol. The lowest BCUT2D eigenvalue weighted by Gasteiger charge is -2.26. The van der Waals surface area contributed by atoms with Crippen molar-refractivity contribution in [1.82, 2.24) is 13.9 Å². The highest BCUT2D eigenvalue weighted by atomic mass is 35.5. The molecule has 11 heteroatoms. The molecule has 0 bridgehead atoms. The van der Waals surface area contributed by atoms with Crippen molar-refractivity contribution in [1.29, 1.82) is 0 Å². The van der Waals surface area contributed by atoms with Gasteiger partial charge in [-0.2, -0.15) is 4.31 Å². The fourth-order valence-electron chi connectivity index (χ4n) is 3.48. The number of morpholine rings is 1. The molecule has 4 rings (SSSR count). The van der Waals surface area contributed by atoms with Gasteiger partial charge in [0.1, 0.15) is 6.54 Å². The van der Waals surface area contributed by atoms with E-state index in [4.69, 9.17) is 16.3 Å². The maximum absolute atomic E-state index is 13.0. The summed E-state index contributed by atoms with van der Waals surface area (Å²) in [5, 5.41) is 3.36. The number of amides is 1. The number of nitrogens with zero attached hydrogens (tertiary/aromatic N) is 3. The second-order valence-electron chi connectivity index (χ2n) is 7.38. The van der Waals surface area contributed by atoms with E-state index in [1.807, 2.05) is 0 Å². The van der Waals surface area contributed by atoms with Crippen molar-refractivity contribution < 1.29 is 17.9 Å². The average Bonchev–Trinajstić information content (AvgIpc) is 2.78. The van der Waals surface area contributed by atoms with Crippen molar-refractivity contribution in [2.24, 2.45) is 0 Å². The number of fused-ring (bicyclic) bond motifs is 1. The highest BCUT2D eigenvalue weighted by Crippen LogP contribution is 2.24. The molecule has 1 aromatic heterocycles. The van der Waals surface area contributed by atoms with Gasteiger partial charge in [0.2, 0.25) is 15.9 Å². The van der Waals surface area contributed by atoms with Crippen LogP contribution in [0.25, 0.3) is 10.9 Å². The normalized spacial score (nSPS) is 15.1. The summed E-state index contributed by atoms with van der Waals surface area (Å²) in [6, 6.07) is 9.45. The Hall–Kier alpha value is -2.79. The summed E-state index contributed by atoms with van der Waals surface area (Å²) in [5.41, 5.74) is 0.971. The molecular weight excluding hydrogens is 456 g/mol. The lowest BCUT2D eigenvalue weighted by Crippen LogP contribution is -2.40. The van der Waals surface area contributed by atoms with E-state index in [9.17, 15) is 18.0 Å². The van der Waals surface area contributed by atoms with E-state index >= 15 is 0 Å². The van der Waals surface area contributed by atoms with Gasteiger partial charge in [-0.3, -0.25) is 14.2 Å². The van der Waals surface area contributed by atoms with Crippen LogP contribution in [0, 0.1) is 6.92 Å². The smallest absolute Gasteiger partial charge is 0.261 e. The Bertz CT molecular complexity index is 1350. The summed E-state index contributed by atoms with van der Waals surface area (Å²) in [7, 11) is -3.72. The Morgan fingerprint density at radius 2 is 1.94 bits per heavy atom. The molecule has 0 atom stereocenters. The second kappa shape index (κ2) is 8.99. The predicted octanol–water partition coefficient (Wildman–Crippen LogP) is 2.02. The van der Waals surface area contributed by atoms with Gasteiger partial charge in [0.25, 0.3) is 5.56 Å². The highest BCUT2D eigenvalue weighted by Gasteiger charge is 2.28. The predicted molar refractivity (Wildman–Crippen MR) is 120 cm³/mol. The van der Waals surface area contributed by atoms with Crippen LogP contribution < -0.4 is 10.9 Å². The van der Waals surface area contributed by atoms with E-state index in [0.717, 1.165) is 0 Å². The summed E-state index contributed by atoms with van der Waals surface area (Å²) < 4.78 is 33.8. The first-order chi connectivity index (χ1) is 15.3. The lowest BCUT2D eigenvalue weighted by molar-refractivity contribution is -0.116. The second-order valence-corrected chi connectivity index (χ2v) is 9.73. The van der Waals surface area contributed by atoms with Crippen LogP contribution in [0.1, 0.15) is 5.56 Å². The first-order valence-electron chi connectivity index (χ1n) is 9.89. The molecule has 1 aliphatic rings. The molecule has 1 saturated heterocycles. The molecule has 1 N–H and O–H groups in total.